The quantitative estimate of drug-likeness (QED) is 0.632. The monoisotopic (exact) mass is 402 g/mol. The Hall–Kier alpha value is -2.76. The maximum Gasteiger partial charge on any atom is 0.165 e. The summed E-state index contributed by atoms with van der Waals surface area (Å²) in [6.45, 7) is 0. The van der Waals surface area contributed by atoms with Crippen LogP contribution in [-0.4, -0.2) is 26.8 Å². The number of rotatable bonds is 7. The van der Waals surface area contributed by atoms with Gasteiger partial charge in [-0.3, -0.25) is 0 Å². The maximum absolute atomic E-state index is 13.4. The van der Waals surface area contributed by atoms with Crippen molar-refractivity contribution in [1.82, 2.24) is 0 Å². The molecular formula is C23H24F2O4. The van der Waals surface area contributed by atoms with Gasteiger partial charge >= 0.3 is 0 Å². The van der Waals surface area contributed by atoms with Gasteiger partial charge in [0.25, 0.3) is 0 Å². The molecule has 0 aromatic heterocycles. The molecule has 0 radical (unpaired) electrons. The molecule has 0 aliphatic heterocycles. The zero-order valence-corrected chi connectivity index (χ0v) is 16.4. The van der Waals surface area contributed by atoms with E-state index in [1.54, 1.807) is 12.1 Å². The summed E-state index contributed by atoms with van der Waals surface area (Å²) in [5, 5.41) is 0. The van der Waals surface area contributed by atoms with Crippen molar-refractivity contribution in [2.75, 3.05) is 14.2 Å². The summed E-state index contributed by atoms with van der Waals surface area (Å²) in [6.07, 6.45) is 4.29. The summed E-state index contributed by atoms with van der Waals surface area (Å²) in [7, 11) is 2.88. The highest BCUT2D eigenvalue weighted by atomic mass is 19.1. The SMILES string of the molecule is COc1ccc(C2CC2C=O)cc1F.COc1ccc(C2CC2CC=O)cc1F. The van der Waals surface area contributed by atoms with Crippen LogP contribution in [0.2, 0.25) is 0 Å². The van der Waals surface area contributed by atoms with Gasteiger partial charge in [-0.1, -0.05) is 12.1 Å². The topological polar surface area (TPSA) is 52.6 Å². The molecule has 154 valence electrons. The number of ether oxygens (including phenoxy) is 2. The Morgan fingerprint density at radius 2 is 1.45 bits per heavy atom. The molecule has 4 atom stereocenters. The molecule has 4 unspecified atom stereocenters. The highest BCUT2D eigenvalue weighted by Gasteiger charge is 2.38. The van der Waals surface area contributed by atoms with Crippen LogP contribution in [0.4, 0.5) is 8.78 Å². The van der Waals surface area contributed by atoms with Crippen LogP contribution in [0.25, 0.3) is 0 Å². The van der Waals surface area contributed by atoms with Gasteiger partial charge in [0.15, 0.2) is 23.1 Å². The second-order valence-corrected chi connectivity index (χ2v) is 7.43. The van der Waals surface area contributed by atoms with Crippen molar-refractivity contribution in [3.8, 4) is 11.5 Å². The Morgan fingerprint density at radius 1 is 0.897 bits per heavy atom. The third kappa shape index (κ3) is 5.00. The number of hydrogen-bond donors (Lipinski definition) is 0. The van der Waals surface area contributed by atoms with Crippen molar-refractivity contribution in [1.29, 1.82) is 0 Å². The summed E-state index contributed by atoms with van der Waals surface area (Å²) in [5.74, 6) is 0.901. The van der Waals surface area contributed by atoms with E-state index in [1.807, 2.05) is 12.1 Å². The molecule has 6 heteroatoms. The number of carbonyl (C=O) groups excluding carboxylic acids is 2. The molecule has 0 heterocycles. The normalized spacial score (nSPS) is 24.0. The minimum absolute atomic E-state index is 0.0859. The van der Waals surface area contributed by atoms with Crippen LogP contribution in [0.5, 0.6) is 11.5 Å². The van der Waals surface area contributed by atoms with Gasteiger partial charge in [-0.25, -0.2) is 8.78 Å². The van der Waals surface area contributed by atoms with Crippen LogP contribution < -0.4 is 9.47 Å². The lowest BCUT2D eigenvalue weighted by atomic mass is 10.1. The van der Waals surface area contributed by atoms with E-state index in [0.717, 1.165) is 36.5 Å². The van der Waals surface area contributed by atoms with E-state index >= 15 is 0 Å². The van der Waals surface area contributed by atoms with Crippen LogP contribution >= 0.6 is 0 Å². The highest BCUT2D eigenvalue weighted by Crippen LogP contribution is 2.49. The van der Waals surface area contributed by atoms with Crippen LogP contribution in [0.15, 0.2) is 36.4 Å². The lowest BCUT2D eigenvalue weighted by Crippen LogP contribution is -1.91. The molecule has 0 N–H and O–H groups in total. The van der Waals surface area contributed by atoms with Crippen molar-refractivity contribution >= 4 is 12.6 Å². The van der Waals surface area contributed by atoms with Gasteiger partial charge in [0.2, 0.25) is 0 Å². The fraction of sp³-hybridized carbons (Fsp3) is 0.391. The third-order valence-electron chi connectivity index (χ3n) is 5.54. The first-order valence-corrected chi connectivity index (χ1v) is 9.58. The molecule has 4 rings (SSSR count). The van der Waals surface area contributed by atoms with Gasteiger partial charge in [0, 0.05) is 12.3 Å². The fourth-order valence-electron chi connectivity index (χ4n) is 3.61. The summed E-state index contributed by atoms with van der Waals surface area (Å²) >= 11 is 0. The molecule has 2 fully saturated rings. The Morgan fingerprint density at radius 3 is 1.86 bits per heavy atom. The minimum atomic E-state index is -0.360. The molecule has 2 aromatic carbocycles. The van der Waals surface area contributed by atoms with Crippen LogP contribution in [0.1, 0.15) is 42.2 Å². The van der Waals surface area contributed by atoms with Crippen molar-refractivity contribution in [3.05, 3.63) is 59.2 Å². The average Bonchev–Trinajstić information content (AvgIpc) is 3.63. The lowest BCUT2D eigenvalue weighted by Gasteiger charge is -2.04. The Labute approximate surface area is 168 Å². The zero-order chi connectivity index (χ0) is 21.0. The molecule has 2 aliphatic rings. The second-order valence-electron chi connectivity index (χ2n) is 7.43. The smallest absolute Gasteiger partial charge is 0.165 e. The van der Waals surface area contributed by atoms with Gasteiger partial charge in [-0.15, -0.1) is 0 Å². The molecule has 0 saturated heterocycles. The van der Waals surface area contributed by atoms with E-state index in [0.29, 0.717) is 18.3 Å². The number of benzene rings is 2. The van der Waals surface area contributed by atoms with Gasteiger partial charge in [0.1, 0.15) is 12.6 Å². The van der Waals surface area contributed by atoms with Crippen molar-refractivity contribution in [3.63, 3.8) is 0 Å². The minimum Gasteiger partial charge on any atom is -0.494 e. The van der Waals surface area contributed by atoms with E-state index in [2.05, 4.69) is 0 Å². The lowest BCUT2D eigenvalue weighted by molar-refractivity contribution is -0.109. The molecule has 2 aliphatic carbocycles. The van der Waals surface area contributed by atoms with Crippen LogP contribution in [0, 0.1) is 23.5 Å². The molecular weight excluding hydrogens is 378 g/mol. The molecule has 2 saturated carbocycles. The van der Waals surface area contributed by atoms with Gasteiger partial charge in [-0.2, -0.15) is 0 Å². The second kappa shape index (κ2) is 9.16. The first-order valence-electron chi connectivity index (χ1n) is 9.58. The fourth-order valence-corrected chi connectivity index (χ4v) is 3.61. The first kappa shape index (κ1) is 21.0. The molecule has 29 heavy (non-hydrogen) atoms. The molecule has 4 nitrogen and oxygen atoms in total. The number of carbonyl (C=O) groups is 2. The van der Waals surface area contributed by atoms with E-state index in [4.69, 9.17) is 9.47 Å². The van der Waals surface area contributed by atoms with Gasteiger partial charge in [0.05, 0.1) is 14.2 Å². The Kier molecular flexibility index (Phi) is 6.62. The summed E-state index contributed by atoms with van der Waals surface area (Å²) < 4.78 is 36.3. The third-order valence-corrected chi connectivity index (χ3v) is 5.54. The van der Waals surface area contributed by atoms with E-state index < -0.39 is 0 Å². The zero-order valence-electron chi connectivity index (χ0n) is 16.4. The van der Waals surface area contributed by atoms with Gasteiger partial charge < -0.3 is 19.1 Å². The predicted molar refractivity (Wildman–Crippen MR) is 104 cm³/mol. The summed E-state index contributed by atoms with van der Waals surface area (Å²) in [6, 6.07) is 9.89. The average molecular weight is 402 g/mol. The van der Waals surface area contributed by atoms with Crippen LogP contribution in [-0.2, 0) is 9.59 Å². The van der Waals surface area contributed by atoms with E-state index in [9.17, 15) is 18.4 Å². The van der Waals surface area contributed by atoms with E-state index in [1.165, 1.54) is 26.4 Å². The van der Waals surface area contributed by atoms with Crippen molar-refractivity contribution in [2.45, 2.75) is 31.1 Å². The van der Waals surface area contributed by atoms with E-state index in [-0.39, 0.29) is 35.0 Å². The number of halogens is 2. The van der Waals surface area contributed by atoms with Crippen LogP contribution in [0.3, 0.4) is 0 Å². The predicted octanol–water partition coefficient (Wildman–Crippen LogP) is 4.66. The summed E-state index contributed by atoms with van der Waals surface area (Å²) in [5.41, 5.74) is 1.86. The first-order chi connectivity index (χ1) is 14.0. The summed E-state index contributed by atoms with van der Waals surface area (Å²) in [4.78, 5) is 20.7. The molecule has 2 aromatic rings. The maximum atomic E-state index is 13.4. The van der Waals surface area contributed by atoms with Crippen molar-refractivity contribution in [2.24, 2.45) is 11.8 Å². The number of methoxy groups -OCH3 is 2. The van der Waals surface area contributed by atoms with Crippen molar-refractivity contribution < 1.29 is 27.8 Å². The number of hydrogen-bond acceptors (Lipinski definition) is 4. The largest absolute Gasteiger partial charge is 0.494 e. The Bertz CT molecular complexity index is 883. The molecule has 0 amide bonds. The van der Waals surface area contributed by atoms with Gasteiger partial charge in [-0.05, 0) is 66.0 Å². The molecule has 0 bridgehead atoms. The Balaban J connectivity index is 0.000000166. The highest BCUT2D eigenvalue weighted by molar-refractivity contribution is 5.61. The molecule has 0 spiro atoms. The standard InChI is InChI=1S/C12H13FO2.C11H11FO2/c1-15-12-3-2-8(7-11(12)13)10-6-9(10)4-5-14;1-14-11-3-2-7(5-10(11)12)9-4-8(9)6-13/h2-3,5,7,9-10H,4,6H2,1H3;2-3,5-6,8-9H,4H2,1H3. The number of aldehydes is 2.